The fourth-order valence-electron chi connectivity index (χ4n) is 2.58. The molecule has 0 aliphatic heterocycles. The minimum absolute atomic E-state index is 0.156. The first-order valence-electron chi connectivity index (χ1n) is 6.71. The van der Waals surface area contributed by atoms with Gasteiger partial charge in [0.2, 0.25) is 5.91 Å². The molecule has 0 spiro atoms. The van der Waals surface area contributed by atoms with Gasteiger partial charge in [-0.25, -0.2) is 0 Å². The monoisotopic (exact) mass is 309 g/mol. The van der Waals surface area contributed by atoms with Crippen molar-refractivity contribution < 1.29 is 4.79 Å². The average Bonchev–Trinajstić information content (AvgIpc) is 2.35. The lowest BCUT2D eigenvalue weighted by atomic mass is 9.87. The molecule has 98 valence electrons. The predicted molar refractivity (Wildman–Crippen MR) is 78.7 cm³/mol. The van der Waals surface area contributed by atoms with Crippen LogP contribution in [-0.2, 0) is 4.79 Å². The second-order valence-electron chi connectivity index (χ2n) is 5.22. The van der Waals surface area contributed by atoms with Crippen LogP contribution in [0.2, 0.25) is 0 Å². The second-order valence-corrected chi connectivity index (χ2v) is 6.13. The molecule has 0 radical (unpaired) electrons. The molecule has 1 aliphatic carbocycles. The summed E-state index contributed by atoms with van der Waals surface area (Å²) in [6, 6.07) is 5.97. The largest absolute Gasteiger partial charge is 0.326 e. The van der Waals surface area contributed by atoms with Crippen molar-refractivity contribution in [1.82, 2.24) is 0 Å². The van der Waals surface area contributed by atoms with Crippen LogP contribution in [0.15, 0.2) is 22.7 Å². The number of carbonyl (C=O) groups excluding carboxylic acids is 1. The number of carbonyl (C=O) groups is 1. The lowest BCUT2D eigenvalue weighted by molar-refractivity contribution is -0.117. The third-order valence-corrected chi connectivity index (χ3v) is 4.17. The molecule has 1 saturated carbocycles. The normalized spacial score (nSPS) is 16.6. The molecule has 1 aromatic carbocycles. The maximum absolute atomic E-state index is 12.0. The second kappa shape index (κ2) is 6.37. The van der Waals surface area contributed by atoms with E-state index in [1.807, 2.05) is 25.1 Å². The maximum atomic E-state index is 12.0. The highest BCUT2D eigenvalue weighted by Crippen LogP contribution is 2.27. The molecule has 3 heteroatoms. The van der Waals surface area contributed by atoms with E-state index in [1.54, 1.807) is 0 Å². The van der Waals surface area contributed by atoms with E-state index in [0.29, 0.717) is 12.3 Å². The van der Waals surface area contributed by atoms with Crippen molar-refractivity contribution in [2.75, 3.05) is 5.32 Å². The summed E-state index contributed by atoms with van der Waals surface area (Å²) in [5.74, 6) is 0.745. The first kappa shape index (κ1) is 13.6. The van der Waals surface area contributed by atoms with Crippen LogP contribution in [0.4, 0.5) is 5.69 Å². The van der Waals surface area contributed by atoms with Crippen LogP contribution in [0, 0.1) is 12.8 Å². The zero-order chi connectivity index (χ0) is 13.0. The Bertz CT molecular complexity index is 425. The van der Waals surface area contributed by atoms with Gasteiger partial charge in [-0.1, -0.05) is 41.3 Å². The Hall–Kier alpha value is -0.830. The number of hydrogen-bond acceptors (Lipinski definition) is 1. The van der Waals surface area contributed by atoms with E-state index in [9.17, 15) is 4.79 Å². The Morgan fingerprint density at radius 1 is 1.33 bits per heavy atom. The smallest absolute Gasteiger partial charge is 0.224 e. The number of hydrogen-bond donors (Lipinski definition) is 1. The molecular formula is C15H20BrNO. The van der Waals surface area contributed by atoms with Gasteiger partial charge in [0.1, 0.15) is 0 Å². The summed E-state index contributed by atoms with van der Waals surface area (Å²) in [6.07, 6.45) is 7.01. The van der Waals surface area contributed by atoms with Crippen molar-refractivity contribution in [2.24, 2.45) is 5.92 Å². The van der Waals surface area contributed by atoms with Gasteiger partial charge in [-0.05, 0) is 43.4 Å². The molecule has 0 heterocycles. The summed E-state index contributed by atoms with van der Waals surface area (Å²) in [5.41, 5.74) is 2.03. The number of rotatable bonds is 3. The van der Waals surface area contributed by atoms with Crippen LogP contribution >= 0.6 is 15.9 Å². The Morgan fingerprint density at radius 3 is 2.78 bits per heavy atom. The fourth-order valence-corrected chi connectivity index (χ4v) is 2.94. The van der Waals surface area contributed by atoms with Crippen molar-refractivity contribution in [1.29, 1.82) is 0 Å². The summed E-state index contributed by atoms with van der Waals surface area (Å²) >= 11 is 3.43. The van der Waals surface area contributed by atoms with Gasteiger partial charge in [-0.3, -0.25) is 4.79 Å². The van der Waals surface area contributed by atoms with E-state index in [4.69, 9.17) is 0 Å². The number of nitrogens with one attached hydrogen (secondary N) is 1. The summed E-state index contributed by atoms with van der Waals surface area (Å²) < 4.78 is 1.00. The standard InChI is InChI=1S/C15H20BrNO/c1-11-7-8-13(16)10-14(11)17-15(18)9-12-5-3-2-4-6-12/h7-8,10,12H,2-6,9H2,1H3,(H,17,18). The van der Waals surface area contributed by atoms with Crippen molar-refractivity contribution >= 4 is 27.5 Å². The highest BCUT2D eigenvalue weighted by Gasteiger charge is 2.17. The molecule has 0 unspecified atom stereocenters. The molecule has 0 saturated heterocycles. The van der Waals surface area contributed by atoms with Crippen molar-refractivity contribution in [2.45, 2.75) is 45.4 Å². The van der Waals surface area contributed by atoms with Gasteiger partial charge in [-0.2, -0.15) is 0 Å². The number of aryl methyl sites for hydroxylation is 1. The van der Waals surface area contributed by atoms with Gasteiger partial charge < -0.3 is 5.32 Å². The fraction of sp³-hybridized carbons (Fsp3) is 0.533. The Labute approximate surface area is 117 Å². The predicted octanol–water partition coefficient (Wildman–Crippen LogP) is 4.67. The first-order chi connectivity index (χ1) is 8.65. The quantitative estimate of drug-likeness (QED) is 0.864. The highest BCUT2D eigenvalue weighted by molar-refractivity contribution is 9.10. The lowest BCUT2D eigenvalue weighted by Gasteiger charge is -2.21. The van der Waals surface area contributed by atoms with Gasteiger partial charge in [0.05, 0.1) is 0 Å². The summed E-state index contributed by atoms with van der Waals surface area (Å²) in [6.45, 7) is 2.02. The number of anilines is 1. The molecule has 1 N–H and O–H groups in total. The van der Waals surface area contributed by atoms with E-state index in [2.05, 4.69) is 21.2 Å². The third-order valence-electron chi connectivity index (χ3n) is 3.67. The molecule has 0 aromatic heterocycles. The van der Waals surface area contributed by atoms with Gasteiger partial charge >= 0.3 is 0 Å². The molecule has 18 heavy (non-hydrogen) atoms. The molecule has 0 bridgehead atoms. The molecule has 1 aliphatic rings. The topological polar surface area (TPSA) is 29.1 Å². The Kier molecular flexibility index (Phi) is 4.81. The van der Waals surface area contributed by atoms with E-state index in [0.717, 1.165) is 15.7 Å². The summed E-state index contributed by atoms with van der Waals surface area (Å²) in [7, 11) is 0. The van der Waals surface area contributed by atoms with E-state index in [-0.39, 0.29) is 5.91 Å². The number of halogens is 1. The average molecular weight is 310 g/mol. The highest BCUT2D eigenvalue weighted by atomic mass is 79.9. The molecule has 1 fully saturated rings. The van der Waals surface area contributed by atoms with Gasteiger partial charge in [0, 0.05) is 16.6 Å². The molecule has 0 atom stereocenters. The number of amides is 1. The minimum atomic E-state index is 0.156. The Balaban J connectivity index is 1.92. The van der Waals surface area contributed by atoms with E-state index < -0.39 is 0 Å². The van der Waals surface area contributed by atoms with Crippen LogP contribution < -0.4 is 5.32 Å². The van der Waals surface area contributed by atoms with Crippen molar-refractivity contribution in [3.63, 3.8) is 0 Å². The zero-order valence-electron chi connectivity index (χ0n) is 10.8. The lowest BCUT2D eigenvalue weighted by Crippen LogP contribution is -2.18. The van der Waals surface area contributed by atoms with Gasteiger partial charge in [-0.15, -0.1) is 0 Å². The van der Waals surface area contributed by atoms with E-state index in [1.165, 1.54) is 32.1 Å². The maximum Gasteiger partial charge on any atom is 0.224 e. The van der Waals surface area contributed by atoms with Crippen molar-refractivity contribution in [3.05, 3.63) is 28.2 Å². The van der Waals surface area contributed by atoms with Crippen LogP contribution in [0.1, 0.15) is 44.1 Å². The van der Waals surface area contributed by atoms with Crippen LogP contribution in [-0.4, -0.2) is 5.91 Å². The van der Waals surface area contributed by atoms with Crippen LogP contribution in [0.25, 0.3) is 0 Å². The first-order valence-corrected chi connectivity index (χ1v) is 7.50. The van der Waals surface area contributed by atoms with Crippen molar-refractivity contribution in [3.8, 4) is 0 Å². The van der Waals surface area contributed by atoms with Crippen LogP contribution in [0.5, 0.6) is 0 Å². The summed E-state index contributed by atoms with van der Waals surface area (Å²) in [5, 5.41) is 3.03. The molecular weight excluding hydrogens is 290 g/mol. The Morgan fingerprint density at radius 2 is 2.06 bits per heavy atom. The molecule has 2 rings (SSSR count). The zero-order valence-corrected chi connectivity index (χ0v) is 12.4. The molecule has 1 amide bonds. The minimum Gasteiger partial charge on any atom is -0.326 e. The van der Waals surface area contributed by atoms with Crippen LogP contribution in [0.3, 0.4) is 0 Å². The van der Waals surface area contributed by atoms with Gasteiger partial charge in [0.25, 0.3) is 0 Å². The number of benzene rings is 1. The van der Waals surface area contributed by atoms with E-state index >= 15 is 0 Å². The third kappa shape index (κ3) is 3.84. The summed E-state index contributed by atoms with van der Waals surface area (Å²) in [4.78, 5) is 12.0. The SMILES string of the molecule is Cc1ccc(Br)cc1NC(=O)CC1CCCCC1. The van der Waals surface area contributed by atoms with Gasteiger partial charge in [0.15, 0.2) is 0 Å². The molecule has 2 nitrogen and oxygen atoms in total. The molecule has 1 aromatic rings.